The third kappa shape index (κ3) is 2.97. The van der Waals surface area contributed by atoms with E-state index in [2.05, 4.69) is 19.2 Å². The number of nitro benzene ring substituents is 1. The lowest BCUT2D eigenvalue weighted by molar-refractivity contribution is -0.385. The number of nitrogens with one attached hydrogen (secondary N) is 1. The summed E-state index contributed by atoms with van der Waals surface area (Å²) in [5, 5.41) is 14.6. The zero-order valence-electron chi connectivity index (χ0n) is 11.6. The first-order chi connectivity index (χ1) is 8.95. The zero-order chi connectivity index (χ0) is 14.0. The van der Waals surface area contributed by atoms with Crippen LogP contribution in [0.15, 0.2) is 18.2 Å². The summed E-state index contributed by atoms with van der Waals surface area (Å²) in [6.07, 6.45) is 2.36. The molecule has 0 saturated heterocycles. The first-order valence-electron chi connectivity index (χ1n) is 6.64. The number of hydrogen-bond acceptors (Lipinski definition) is 4. The van der Waals surface area contributed by atoms with Crippen molar-refractivity contribution < 1.29 is 9.66 Å². The maximum Gasteiger partial charge on any atom is 0.333 e. The van der Waals surface area contributed by atoms with E-state index >= 15 is 0 Å². The molecule has 1 aromatic rings. The molecule has 0 bridgehead atoms. The second-order valence-corrected chi connectivity index (χ2v) is 5.46. The Bertz CT molecular complexity index is 482. The second kappa shape index (κ2) is 5.07. The smallest absolute Gasteiger partial charge is 0.333 e. The number of para-hydroxylation sites is 1. The van der Waals surface area contributed by atoms with Crippen molar-refractivity contribution in [2.45, 2.75) is 39.2 Å². The normalized spacial score (nSPS) is 15.1. The molecule has 104 valence electrons. The number of nitrogens with zero attached hydrogens (tertiary/aromatic N) is 1. The summed E-state index contributed by atoms with van der Waals surface area (Å²) in [7, 11) is 0. The first-order valence-corrected chi connectivity index (χ1v) is 6.64. The van der Waals surface area contributed by atoms with Crippen molar-refractivity contribution in [3.8, 4) is 5.75 Å². The van der Waals surface area contributed by atoms with Crippen LogP contribution in [0.4, 0.5) is 11.4 Å². The molecule has 0 heterocycles. The Balaban J connectivity index is 2.33. The van der Waals surface area contributed by atoms with Gasteiger partial charge in [0.2, 0.25) is 0 Å². The maximum absolute atomic E-state index is 11.3. The highest BCUT2D eigenvalue weighted by Crippen LogP contribution is 2.43. The largest absolute Gasteiger partial charge is 0.487 e. The number of rotatable bonds is 6. The molecule has 1 fully saturated rings. The molecule has 1 aliphatic rings. The van der Waals surface area contributed by atoms with E-state index in [1.54, 1.807) is 18.2 Å². The Kier molecular flexibility index (Phi) is 3.64. The molecular weight excluding hydrogens is 244 g/mol. The van der Waals surface area contributed by atoms with Crippen LogP contribution in [-0.4, -0.2) is 17.1 Å². The minimum absolute atomic E-state index is 0.0260. The van der Waals surface area contributed by atoms with Crippen molar-refractivity contribution >= 4 is 11.4 Å². The molecule has 1 aliphatic carbocycles. The Morgan fingerprint density at radius 3 is 2.68 bits per heavy atom. The van der Waals surface area contributed by atoms with Crippen molar-refractivity contribution in [3.05, 3.63) is 28.3 Å². The summed E-state index contributed by atoms with van der Waals surface area (Å²) in [6.45, 7) is 6.40. The third-order valence-corrected chi connectivity index (χ3v) is 3.54. The quantitative estimate of drug-likeness (QED) is 0.630. The highest BCUT2D eigenvalue weighted by Gasteiger charge is 2.39. The molecule has 0 radical (unpaired) electrons. The molecular formula is C14H20N2O3. The number of nitro groups is 1. The van der Waals surface area contributed by atoms with Crippen LogP contribution in [0, 0.1) is 16.0 Å². The maximum atomic E-state index is 11.3. The average Bonchev–Trinajstić information content (AvgIpc) is 3.12. The van der Waals surface area contributed by atoms with Gasteiger partial charge in [0.15, 0.2) is 5.75 Å². The molecule has 19 heavy (non-hydrogen) atoms. The third-order valence-electron chi connectivity index (χ3n) is 3.54. The van der Waals surface area contributed by atoms with Crippen molar-refractivity contribution in [1.82, 2.24) is 0 Å². The number of benzene rings is 1. The first kappa shape index (κ1) is 13.6. The fourth-order valence-electron chi connectivity index (χ4n) is 2.34. The lowest BCUT2D eigenvalue weighted by Crippen LogP contribution is -2.33. The molecule has 1 saturated carbocycles. The van der Waals surface area contributed by atoms with Gasteiger partial charge in [0.1, 0.15) is 5.69 Å². The molecule has 1 N–H and O–H groups in total. The topological polar surface area (TPSA) is 64.4 Å². The van der Waals surface area contributed by atoms with Gasteiger partial charge in [-0.1, -0.05) is 6.07 Å². The van der Waals surface area contributed by atoms with E-state index < -0.39 is 0 Å². The predicted molar refractivity (Wildman–Crippen MR) is 74.7 cm³/mol. The van der Waals surface area contributed by atoms with Crippen molar-refractivity contribution in [2.24, 2.45) is 5.92 Å². The molecule has 0 aliphatic heterocycles. The van der Waals surface area contributed by atoms with Gasteiger partial charge in [-0.2, -0.15) is 0 Å². The van der Waals surface area contributed by atoms with Crippen LogP contribution in [0.25, 0.3) is 0 Å². The van der Waals surface area contributed by atoms with E-state index in [4.69, 9.17) is 4.74 Å². The van der Waals surface area contributed by atoms with Gasteiger partial charge in [-0.15, -0.1) is 0 Å². The molecule has 0 atom stereocenters. The van der Waals surface area contributed by atoms with Crippen LogP contribution in [0.1, 0.15) is 33.6 Å². The monoisotopic (exact) mass is 264 g/mol. The van der Waals surface area contributed by atoms with E-state index in [-0.39, 0.29) is 16.1 Å². The van der Waals surface area contributed by atoms with Crippen molar-refractivity contribution in [1.29, 1.82) is 0 Å². The van der Waals surface area contributed by atoms with Gasteiger partial charge in [-0.3, -0.25) is 10.1 Å². The molecule has 1 aromatic carbocycles. The minimum atomic E-state index is -0.379. The van der Waals surface area contributed by atoms with Crippen LogP contribution in [-0.2, 0) is 0 Å². The zero-order valence-corrected chi connectivity index (χ0v) is 11.6. The van der Waals surface area contributed by atoms with Crippen LogP contribution in [0.2, 0.25) is 0 Å². The summed E-state index contributed by atoms with van der Waals surface area (Å²) in [5.74, 6) is 0.909. The standard InChI is InChI=1S/C14H20N2O3/c1-4-19-12-7-5-6-11(13(12)16(17)18)15-14(2,3)10-8-9-10/h5-7,10,15H,4,8-9H2,1-3H3. The minimum Gasteiger partial charge on any atom is -0.487 e. The molecule has 5 nitrogen and oxygen atoms in total. The van der Waals surface area contributed by atoms with Crippen LogP contribution in [0.3, 0.4) is 0 Å². The Labute approximate surface area is 113 Å². The fraction of sp³-hybridized carbons (Fsp3) is 0.571. The van der Waals surface area contributed by atoms with Gasteiger partial charge in [0.25, 0.3) is 0 Å². The van der Waals surface area contributed by atoms with Gasteiger partial charge in [0.05, 0.1) is 11.5 Å². The Hall–Kier alpha value is -1.78. The summed E-state index contributed by atoms with van der Waals surface area (Å²) < 4.78 is 5.35. The van der Waals surface area contributed by atoms with E-state index in [1.165, 1.54) is 12.8 Å². The van der Waals surface area contributed by atoms with Gasteiger partial charge in [-0.25, -0.2) is 0 Å². The van der Waals surface area contributed by atoms with Gasteiger partial charge < -0.3 is 10.1 Å². The summed E-state index contributed by atoms with van der Waals surface area (Å²) in [4.78, 5) is 10.9. The summed E-state index contributed by atoms with van der Waals surface area (Å²) >= 11 is 0. The lowest BCUT2D eigenvalue weighted by atomic mass is 9.98. The van der Waals surface area contributed by atoms with E-state index in [0.29, 0.717) is 24.0 Å². The van der Waals surface area contributed by atoms with E-state index in [1.807, 2.05) is 6.92 Å². The lowest BCUT2D eigenvalue weighted by Gasteiger charge is -2.27. The van der Waals surface area contributed by atoms with Crippen molar-refractivity contribution in [2.75, 3.05) is 11.9 Å². The van der Waals surface area contributed by atoms with E-state index in [9.17, 15) is 10.1 Å². The summed E-state index contributed by atoms with van der Waals surface area (Å²) in [6, 6.07) is 5.16. The second-order valence-electron chi connectivity index (χ2n) is 5.46. The predicted octanol–water partition coefficient (Wildman–Crippen LogP) is 3.59. The van der Waals surface area contributed by atoms with Gasteiger partial charge in [0, 0.05) is 5.54 Å². The number of ether oxygens (including phenoxy) is 1. The van der Waals surface area contributed by atoms with Crippen molar-refractivity contribution in [3.63, 3.8) is 0 Å². The number of hydrogen-bond donors (Lipinski definition) is 1. The van der Waals surface area contributed by atoms with Crippen LogP contribution in [0.5, 0.6) is 5.75 Å². The summed E-state index contributed by atoms with van der Waals surface area (Å²) in [5.41, 5.74) is 0.432. The SMILES string of the molecule is CCOc1cccc(NC(C)(C)C2CC2)c1[N+](=O)[O-]. The molecule has 0 spiro atoms. The molecule has 2 rings (SSSR count). The fourth-order valence-corrected chi connectivity index (χ4v) is 2.34. The number of anilines is 1. The highest BCUT2D eigenvalue weighted by atomic mass is 16.6. The molecule has 0 aromatic heterocycles. The molecule has 0 unspecified atom stereocenters. The molecule has 5 heteroatoms. The van der Waals surface area contributed by atoms with Gasteiger partial charge in [-0.05, 0) is 51.7 Å². The Morgan fingerprint density at radius 1 is 1.47 bits per heavy atom. The van der Waals surface area contributed by atoms with Crippen LogP contribution < -0.4 is 10.1 Å². The van der Waals surface area contributed by atoms with Crippen LogP contribution >= 0.6 is 0 Å². The Morgan fingerprint density at radius 2 is 2.16 bits per heavy atom. The van der Waals surface area contributed by atoms with E-state index in [0.717, 1.165) is 0 Å². The van der Waals surface area contributed by atoms with Gasteiger partial charge >= 0.3 is 5.69 Å². The average molecular weight is 264 g/mol. The highest BCUT2D eigenvalue weighted by molar-refractivity contribution is 5.69. The molecule has 0 amide bonds.